The molecule has 0 radical (unpaired) electrons. The number of amides is 1. The van der Waals surface area contributed by atoms with E-state index in [1.807, 2.05) is 44.6 Å². The first-order valence-electron chi connectivity index (χ1n) is 9.53. The first-order chi connectivity index (χ1) is 14.2. The second kappa shape index (κ2) is 9.74. The van der Waals surface area contributed by atoms with E-state index in [4.69, 9.17) is 0 Å². The molecular formula is C21H25BrN4O3S. The number of anilines is 1. The summed E-state index contributed by atoms with van der Waals surface area (Å²) in [5.41, 5.74) is 1.80. The van der Waals surface area contributed by atoms with Gasteiger partial charge in [0.25, 0.3) is 0 Å². The quantitative estimate of drug-likeness (QED) is 0.480. The summed E-state index contributed by atoms with van der Waals surface area (Å²) in [7, 11) is 0.440. The lowest BCUT2D eigenvalue weighted by Crippen LogP contribution is -2.27. The average Bonchev–Trinajstić information content (AvgIpc) is 3.08. The SMILES string of the molecule is CN(C)CCn1ccc2cc(NC(=O)CCNS(=O)(=O)c3ccc(Br)cc3)ccc21. The fourth-order valence-corrected chi connectivity index (χ4v) is 4.30. The molecule has 0 aliphatic carbocycles. The highest BCUT2D eigenvalue weighted by Crippen LogP contribution is 2.21. The summed E-state index contributed by atoms with van der Waals surface area (Å²) in [6.07, 6.45) is 2.08. The van der Waals surface area contributed by atoms with E-state index in [2.05, 4.69) is 35.4 Å². The van der Waals surface area contributed by atoms with Crippen LogP contribution in [-0.2, 0) is 21.4 Å². The summed E-state index contributed by atoms with van der Waals surface area (Å²) in [4.78, 5) is 14.5. The fraction of sp³-hybridized carbons (Fsp3) is 0.286. The predicted molar refractivity (Wildman–Crippen MR) is 123 cm³/mol. The van der Waals surface area contributed by atoms with Gasteiger partial charge in [-0.25, -0.2) is 13.1 Å². The number of carbonyl (C=O) groups excluding carboxylic acids is 1. The van der Waals surface area contributed by atoms with Crippen molar-refractivity contribution in [3.8, 4) is 0 Å². The molecular weight excluding hydrogens is 468 g/mol. The largest absolute Gasteiger partial charge is 0.346 e. The van der Waals surface area contributed by atoms with Gasteiger partial charge in [0.2, 0.25) is 15.9 Å². The van der Waals surface area contributed by atoms with Gasteiger partial charge in [-0.3, -0.25) is 4.79 Å². The molecule has 160 valence electrons. The number of hydrogen-bond donors (Lipinski definition) is 2. The van der Waals surface area contributed by atoms with Gasteiger partial charge in [-0.1, -0.05) is 15.9 Å². The van der Waals surface area contributed by atoms with Crippen molar-refractivity contribution in [1.82, 2.24) is 14.2 Å². The molecule has 2 aromatic carbocycles. The monoisotopic (exact) mass is 492 g/mol. The zero-order valence-corrected chi connectivity index (χ0v) is 19.3. The lowest BCUT2D eigenvalue weighted by atomic mass is 10.2. The number of fused-ring (bicyclic) bond motifs is 1. The highest BCUT2D eigenvalue weighted by atomic mass is 79.9. The van der Waals surface area contributed by atoms with Crippen LogP contribution in [0, 0.1) is 0 Å². The number of halogens is 1. The molecule has 3 rings (SSSR count). The molecule has 0 saturated heterocycles. The summed E-state index contributed by atoms with van der Waals surface area (Å²) < 4.78 is 30.0. The number of nitrogens with one attached hydrogen (secondary N) is 2. The van der Waals surface area contributed by atoms with Crippen LogP contribution in [0.25, 0.3) is 10.9 Å². The molecule has 30 heavy (non-hydrogen) atoms. The van der Waals surface area contributed by atoms with Gasteiger partial charge in [0, 0.05) is 53.3 Å². The van der Waals surface area contributed by atoms with Crippen LogP contribution in [0.4, 0.5) is 5.69 Å². The van der Waals surface area contributed by atoms with Crippen LogP contribution in [0.3, 0.4) is 0 Å². The normalized spacial score (nSPS) is 11.9. The zero-order chi connectivity index (χ0) is 21.7. The molecule has 0 saturated carbocycles. The summed E-state index contributed by atoms with van der Waals surface area (Å²) in [5, 5.41) is 3.87. The van der Waals surface area contributed by atoms with E-state index in [0.29, 0.717) is 5.69 Å². The van der Waals surface area contributed by atoms with E-state index in [-0.39, 0.29) is 23.8 Å². The number of nitrogens with zero attached hydrogens (tertiary/aromatic N) is 2. The third-order valence-electron chi connectivity index (χ3n) is 4.61. The Balaban J connectivity index is 1.54. The summed E-state index contributed by atoms with van der Waals surface area (Å²) >= 11 is 3.27. The van der Waals surface area contributed by atoms with E-state index < -0.39 is 10.0 Å². The van der Waals surface area contributed by atoms with Gasteiger partial charge in [0.05, 0.1) is 4.90 Å². The second-order valence-electron chi connectivity index (χ2n) is 7.24. The minimum atomic E-state index is -3.64. The van der Waals surface area contributed by atoms with Gasteiger partial charge >= 0.3 is 0 Å². The Morgan fingerprint density at radius 3 is 2.53 bits per heavy atom. The van der Waals surface area contributed by atoms with Crippen molar-refractivity contribution in [2.24, 2.45) is 0 Å². The average molecular weight is 493 g/mol. The van der Waals surface area contributed by atoms with Gasteiger partial charge in [-0.2, -0.15) is 0 Å². The molecule has 0 atom stereocenters. The van der Waals surface area contributed by atoms with Crippen molar-refractivity contribution >= 4 is 48.5 Å². The van der Waals surface area contributed by atoms with Crippen LogP contribution in [0.5, 0.6) is 0 Å². The molecule has 1 heterocycles. The standard InChI is InChI=1S/C21H25BrN4O3S/c1-25(2)13-14-26-12-10-16-15-18(5-8-20(16)26)24-21(27)9-11-23-30(28,29)19-6-3-17(22)4-7-19/h3-8,10,12,15,23H,9,11,13-14H2,1-2H3,(H,24,27). The number of carbonyl (C=O) groups is 1. The van der Waals surface area contributed by atoms with Gasteiger partial charge in [-0.05, 0) is 62.6 Å². The van der Waals surface area contributed by atoms with Crippen molar-refractivity contribution in [1.29, 1.82) is 0 Å². The van der Waals surface area contributed by atoms with Crippen LogP contribution >= 0.6 is 15.9 Å². The molecule has 7 nitrogen and oxygen atoms in total. The predicted octanol–water partition coefficient (Wildman–Crippen LogP) is 3.27. The molecule has 2 N–H and O–H groups in total. The Kier molecular flexibility index (Phi) is 7.30. The molecule has 9 heteroatoms. The lowest BCUT2D eigenvalue weighted by molar-refractivity contribution is -0.116. The molecule has 1 aromatic heterocycles. The number of hydrogen-bond acceptors (Lipinski definition) is 4. The number of benzene rings is 2. The number of aromatic nitrogens is 1. The Morgan fingerprint density at radius 1 is 1.10 bits per heavy atom. The number of rotatable bonds is 9. The van der Waals surface area contributed by atoms with E-state index in [1.54, 1.807) is 12.1 Å². The summed E-state index contributed by atoms with van der Waals surface area (Å²) in [5.74, 6) is -0.250. The minimum absolute atomic E-state index is 0.0212. The van der Waals surface area contributed by atoms with Crippen LogP contribution in [0.2, 0.25) is 0 Å². The van der Waals surface area contributed by atoms with Crippen LogP contribution in [-0.4, -0.2) is 51.0 Å². The molecule has 0 fully saturated rings. The first-order valence-corrected chi connectivity index (χ1v) is 11.8. The zero-order valence-electron chi connectivity index (χ0n) is 16.9. The van der Waals surface area contributed by atoms with Crippen molar-refractivity contribution in [3.05, 3.63) is 59.2 Å². The smallest absolute Gasteiger partial charge is 0.240 e. The fourth-order valence-electron chi connectivity index (χ4n) is 3.00. The maximum absolute atomic E-state index is 12.3. The highest BCUT2D eigenvalue weighted by Gasteiger charge is 2.14. The van der Waals surface area contributed by atoms with E-state index in [0.717, 1.165) is 28.5 Å². The van der Waals surface area contributed by atoms with Crippen LogP contribution < -0.4 is 10.0 Å². The third kappa shape index (κ3) is 5.91. The van der Waals surface area contributed by atoms with Gasteiger partial charge in [0.1, 0.15) is 0 Å². The molecule has 0 unspecified atom stereocenters. The molecule has 0 spiro atoms. The Morgan fingerprint density at radius 2 is 1.83 bits per heavy atom. The Labute approximate surface area is 185 Å². The van der Waals surface area contributed by atoms with E-state index >= 15 is 0 Å². The van der Waals surface area contributed by atoms with Crippen molar-refractivity contribution < 1.29 is 13.2 Å². The molecule has 0 aliphatic heterocycles. The van der Waals surface area contributed by atoms with E-state index in [9.17, 15) is 13.2 Å². The summed E-state index contributed by atoms with van der Waals surface area (Å²) in [6, 6.07) is 14.1. The topological polar surface area (TPSA) is 83.4 Å². The summed E-state index contributed by atoms with van der Waals surface area (Å²) in [6.45, 7) is 1.85. The second-order valence-corrected chi connectivity index (χ2v) is 9.92. The number of sulfonamides is 1. The minimum Gasteiger partial charge on any atom is -0.346 e. The maximum atomic E-state index is 12.3. The highest BCUT2D eigenvalue weighted by molar-refractivity contribution is 9.10. The third-order valence-corrected chi connectivity index (χ3v) is 6.62. The lowest BCUT2D eigenvalue weighted by Gasteiger charge is -2.11. The van der Waals surface area contributed by atoms with E-state index in [1.165, 1.54) is 12.1 Å². The molecule has 1 amide bonds. The van der Waals surface area contributed by atoms with Crippen molar-refractivity contribution in [2.75, 3.05) is 32.5 Å². The van der Waals surface area contributed by atoms with Crippen LogP contribution in [0.1, 0.15) is 6.42 Å². The maximum Gasteiger partial charge on any atom is 0.240 e. The molecule has 0 aliphatic rings. The van der Waals surface area contributed by atoms with Crippen LogP contribution in [0.15, 0.2) is 64.1 Å². The first kappa shape index (κ1) is 22.5. The van der Waals surface area contributed by atoms with Crippen molar-refractivity contribution in [3.63, 3.8) is 0 Å². The van der Waals surface area contributed by atoms with Gasteiger partial charge < -0.3 is 14.8 Å². The number of likely N-dealkylation sites (N-methyl/N-ethyl adjacent to an activating group) is 1. The van der Waals surface area contributed by atoms with Crippen molar-refractivity contribution in [2.45, 2.75) is 17.9 Å². The van der Waals surface area contributed by atoms with Gasteiger partial charge in [-0.15, -0.1) is 0 Å². The Hall–Kier alpha value is -2.20. The van der Waals surface area contributed by atoms with Gasteiger partial charge in [0.15, 0.2) is 0 Å². The molecule has 0 bridgehead atoms. The molecule has 3 aromatic rings. The Bertz CT molecular complexity index is 1120.